The van der Waals surface area contributed by atoms with Crippen molar-refractivity contribution in [1.82, 2.24) is 15.2 Å². The van der Waals surface area contributed by atoms with Gasteiger partial charge in [0.25, 0.3) is 5.56 Å². The fourth-order valence-electron chi connectivity index (χ4n) is 5.52. The summed E-state index contributed by atoms with van der Waals surface area (Å²) in [5.41, 5.74) is 2.58. The van der Waals surface area contributed by atoms with E-state index in [2.05, 4.69) is 15.1 Å². The molecule has 0 unspecified atom stereocenters. The summed E-state index contributed by atoms with van der Waals surface area (Å²) >= 11 is 0. The molecule has 5 aromatic rings. The molecule has 1 N–H and O–H groups in total. The number of aromatic nitrogens is 3. The largest absolute Gasteiger partial charge is 0.472 e. The second-order valence-electron chi connectivity index (χ2n) is 11.3. The lowest BCUT2D eigenvalue weighted by Gasteiger charge is -2.33. The maximum atomic E-state index is 13.9. The molecule has 1 aliphatic heterocycles. The second-order valence-corrected chi connectivity index (χ2v) is 13.5. The lowest BCUT2D eigenvalue weighted by Crippen LogP contribution is -2.34. The van der Waals surface area contributed by atoms with E-state index in [1.807, 2.05) is 97.1 Å². The zero-order chi connectivity index (χ0) is 30.9. The van der Waals surface area contributed by atoms with Crippen molar-refractivity contribution in [3.63, 3.8) is 0 Å². The van der Waals surface area contributed by atoms with E-state index in [1.165, 1.54) is 0 Å². The lowest BCUT2D eigenvalue weighted by atomic mass is 9.94. The molecule has 0 spiro atoms. The molecular weight excluding hydrogens is 587 g/mol. The summed E-state index contributed by atoms with van der Waals surface area (Å²) in [6, 6.07) is 31.2. The molecule has 0 bridgehead atoms. The molecule has 2 aromatic heterocycles. The summed E-state index contributed by atoms with van der Waals surface area (Å²) in [4.78, 5) is 19.7. The van der Waals surface area contributed by atoms with Crippen LogP contribution in [0.15, 0.2) is 108 Å². The third-order valence-corrected chi connectivity index (χ3v) is 9.96. The number of anilines is 1. The molecule has 0 atom stereocenters. The number of nitrogens with zero attached hydrogens (tertiary/aromatic N) is 3. The van der Waals surface area contributed by atoms with Crippen LogP contribution in [0.4, 0.5) is 5.82 Å². The van der Waals surface area contributed by atoms with Crippen LogP contribution < -0.4 is 15.2 Å². The van der Waals surface area contributed by atoms with Gasteiger partial charge in [-0.15, -0.1) is 0 Å². The molecule has 0 amide bonds. The third kappa shape index (κ3) is 8.25. The fourth-order valence-corrected chi connectivity index (χ4v) is 7.22. The zero-order valence-corrected chi connectivity index (χ0v) is 26.0. The van der Waals surface area contributed by atoms with Crippen LogP contribution in [0.1, 0.15) is 36.0 Å². The molecule has 1 saturated heterocycles. The topological polar surface area (TPSA) is 107 Å². The number of piperidine rings is 1. The van der Waals surface area contributed by atoms with Gasteiger partial charge >= 0.3 is 7.60 Å². The van der Waals surface area contributed by atoms with Crippen molar-refractivity contribution in [3.8, 4) is 5.88 Å². The number of benzene rings is 3. The van der Waals surface area contributed by atoms with Crippen molar-refractivity contribution < 1.29 is 18.3 Å². The highest BCUT2D eigenvalue weighted by Crippen LogP contribution is 2.51. The number of ether oxygens (including phenoxy) is 1. The first-order valence-corrected chi connectivity index (χ1v) is 17.0. The normalized spacial score (nSPS) is 14.1. The Kier molecular flexibility index (Phi) is 10.0. The van der Waals surface area contributed by atoms with E-state index in [9.17, 15) is 9.36 Å². The zero-order valence-electron chi connectivity index (χ0n) is 25.1. The standard InChI is InChI=1S/C35H37N4O5P/c40-34-33-31(23-36-38-34)22-32(37-35(33)42-24-28-10-4-1-5-11-28)39-19-16-27(17-20-39)18-21-45(41,43-25-29-12-6-2-7-13-29)44-26-30-14-8-3-9-15-30/h1-15,22-23,27H,16-21,24-26H2,(H,38,40). The van der Waals surface area contributed by atoms with Gasteiger partial charge in [0.15, 0.2) is 0 Å². The van der Waals surface area contributed by atoms with Crippen LogP contribution in [0, 0.1) is 5.92 Å². The summed E-state index contributed by atoms with van der Waals surface area (Å²) in [6.07, 6.45) is 4.55. The Morgan fingerprint density at radius 1 is 0.800 bits per heavy atom. The number of pyridine rings is 1. The van der Waals surface area contributed by atoms with Crippen LogP contribution in [0.5, 0.6) is 5.88 Å². The molecule has 3 heterocycles. The minimum absolute atomic E-state index is 0.241. The van der Waals surface area contributed by atoms with Crippen LogP contribution in [0.2, 0.25) is 0 Å². The van der Waals surface area contributed by atoms with Crippen molar-refractivity contribution in [2.24, 2.45) is 5.92 Å². The van der Waals surface area contributed by atoms with Gasteiger partial charge in [0.1, 0.15) is 17.8 Å². The summed E-state index contributed by atoms with van der Waals surface area (Å²) < 4.78 is 32.0. The molecule has 45 heavy (non-hydrogen) atoms. The van der Waals surface area contributed by atoms with Crippen molar-refractivity contribution >= 4 is 24.2 Å². The Morgan fingerprint density at radius 2 is 1.36 bits per heavy atom. The van der Waals surface area contributed by atoms with Gasteiger partial charge in [-0.25, -0.2) is 5.10 Å². The highest BCUT2D eigenvalue weighted by molar-refractivity contribution is 7.53. The Bertz CT molecular complexity index is 1730. The van der Waals surface area contributed by atoms with Crippen molar-refractivity contribution in [2.75, 3.05) is 24.2 Å². The van der Waals surface area contributed by atoms with Crippen LogP contribution in [-0.2, 0) is 33.4 Å². The third-order valence-electron chi connectivity index (χ3n) is 8.11. The van der Waals surface area contributed by atoms with Gasteiger partial charge in [0, 0.05) is 18.5 Å². The van der Waals surface area contributed by atoms with Gasteiger partial charge in [0.05, 0.1) is 25.6 Å². The maximum Gasteiger partial charge on any atom is 0.331 e. The van der Waals surface area contributed by atoms with Crippen LogP contribution in [-0.4, -0.2) is 34.4 Å². The van der Waals surface area contributed by atoms with Gasteiger partial charge < -0.3 is 18.7 Å². The SMILES string of the molecule is O=c1[nH]ncc2cc(N3CCC(CCP(=O)(OCc4ccccc4)OCc4ccccc4)CC3)nc(OCc3ccccc3)c12. The molecule has 1 aliphatic rings. The van der Waals surface area contributed by atoms with Gasteiger partial charge in [-0.05, 0) is 47.9 Å². The van der Waals surface area contributed by atoms with E-state index in [4.69, 9.17) is 18.8 Å². The molecular formula is C35H37N4O5P. The quantitative estimate of drug-likeness (QED) is 0.138. The summed E-state index contributed by atoms with van der Waals surface area (Å²) in [6.45, 7) is 2.33. The molecule has 232 valence electrons. The highest BCUT2D eigenvalue weighted by Gasteiger charge is 2.29. The number of hydrogen-bond donors (Lipinski definition) is 1. The smallest absolute Gasteiger partial charge is 0.331 e. The minimum Gasteiger partial charge on any atom is -0.472 e. The Hall–Kier alpha value is -4.30. The summed E-state index contributed by atoms with van der Waals surface area (Å²) in [5.74, 6) is 1.41. The van der Waals surface area contributed by atoms with Crippen LogP contribution >= 0.6 is 7.60 Å². The average molecular weight is 625 g/mol. The summed E-state index contributed by atoms with van der Waals surface area (Å²) in [7, 11) is -3.34. The number of rotatable bonds is 13. The lowest BCUT2D eigenvalue weighted by molar-refractivity contribution is 0.188. The Balaban J connectivity index is 1.10. The first-order chi connectivity index (χ1) is 22.0. The molecule has 0 aliphatic carbocycles. The fraction of sp³-hybridized carbons (Fsp3) is 0.286. The predicted octanol–water partition coefficient (Wildman–Crippen LogP) is 7.13. The van der Waals surface area contributed by atoms with Crippen LogP contribution in [0.25, 0.3) is 10.8 Å². The van der Waals surface area contributed by atoms with Crippen molar-refractivity contribution in [1.29, 1.82) is 0 Å². The van der Waals surface area contributed by atoms with Gasteiger partial charge in [-0.1, -0.05) is 91.0 Å². The van der Waals surface area contributed by atoms with E-state index in [1.54, 1.807) is 6.20 Å². The molecule has 0 saturated carbocycles. The maximum absolute atomic E-state index is 13.9. The molecule has 10 heteroatoms. The average Bonchev–Trinajstić information content (AvgIpc) is 3.10. The van der Waals surface area contributed by atoms with E-state index in [0.717, 1.165) is 54.9 Å². The monoisotopic (exact) mass is 624 g/mol. The second kappa shape index (κ2) is 14.7. The molecule has 3 aromatic carbocycles. The molecule has 1 fully saturated rings. The first kappa shape index (κ1) is 30.7. The number of nitrogens with one attached hydrogen (secondary N) is 1. The van der Waals surface area contributed by atoms with E-state index in [0.29, 0.717) is 35.3 Å². The minimum atomic E-state index is -3.34. The summed E-state index contributed by atoms with van der Waals surface area (Å²) in [5, 5.41) is 7.57. The number of H-pyrrole nitrogens is 1. The molecule has 0 radical (unpaired) electrons. The van der Waals surface area contributed by atoms with E-state index in [-0.39, 0.29) is 18.8 Å². The van der Waals surface area contributed by atoms with E-state index < -0.39 is 7.60 Å². The van der Waals surface area contributed by atoms with Crippen LogP contribution in [0.3, 0.4) is 0 Å². The van der Waals surface area contributed by atoms with Gasteiger partial charge in [0.2, 0.25) is 5.88 Å². The van der Waals surface area contributed by atoms with Gasteiger partial charge in [-0.3, -0.25) is 9.36 Å². The molecule has 9 nitrogen and oxygen atoms in total. The van der Waals surface area contributed by atoms with E-state index >= 15 is 0 Å². The number of aromatic amines is 1. The number of hydrogen-bond acceptors (Lipinski definition) is 8. The predicted molar refractivity (Wildman–Crippen MR) is 175 cm³/mol. The molecule has 6 rings (SSSR count). The van der Waals surface area contributed by atoms with Gasteiger partial charge in [-0.2, -0.15) is 10.1 Å². The van der Waals surface area contributed by atoms with Crippen molar-refractivity contribution in [2.45, 2.75) is 39.1 Å². The Morgan fingerprint density at radius 3 is 1.93 bits per heavy atom. The first-order valence-electron chi connectivity index (χ1n) is 15.3. The Labute approximate surface area is 262 Å². The van der Waals surface area contributed by atoms with Crippen molar-refractivity contribution in [3.05, 3.63) is 130 Å². The highest BCUT2D eigenvalue weighted by atomic mass is 31.2. The number of fused-ring (bicyclic) bond motifs is 1.